The maximum Gasteiger partial charge on any atom is 0.306 e. The number of hydrogen-bond acceptors (Lipinski definition) is 7. The number of carbonyl (C=O) groups excluding carboxylic acids is 2. The third kappa shape index (κ3) is 51.2. The fourth-order valence-corrected chi connectivity index (χ4v) is 9.48. The van der Waals surface area contributed by atoms with Crippen LogP contribution >= 0.6 is 7.82 Å². The molecule has 0 rings (SSSR count). The predicted molar refractivity (Wildman–Crippen MR) is 293 cm³/mol. The standard InChI is InChI=1S/C59H115N2O7P/c1-7-10-13-16-19-22-25-28-30-33-36-39-42-45-48-51-58(62)60-56(55-67-69(64,65)66-54-53-61(4,5)6)57(50-47-44-41-38-35-32-27-24-21-18-15-12-9-3)68-59(63)52-49-46-43-40-37-34-31-29-26-23-20-17-14-11-8-2/h23,26,47,50,56-57H,7-22,24-25,27-46,48-49,51-55H2,1-6H3,(H-,60,62,64,65)/b26-23-,50-47+. The molecule has 0 aromatic heterocycles. The van der Waals surface area contributed by atoms with E-state index in [2.05, 4.69) is 38.2 Å². The highest BCUT2D eigenvalue weighted by Gasteiger charge is 2.27. The normalized spacial score (nSPS) is 13.9. The molecule has 0 radical (unpaired) electrons. The molecule has 0 aromatic carbocycles. The van der Waals surface area contributed by atoms with Crippen LogP contribution in [0.15, 0.2) is 24.3 Å². The van der Waals surface area contributed by atoms with Crippen LogP contribution in [0.3, 0.4) is 0 Å². The summed E-state index contributed by atoms with van der Waals surface area (Å²) in [4.78, 5) is 39.9. The zero-order valence-corrected chi connectivity index (χ0v) is 47.4. The summed E-state index contributed by atoms with van der Waals surface area (Å²) in [5.41, 5.74) is 0. The van der Waals surface area contributed by atoms with Crippen LogP contribution in [0.2, 0.25) is 0 Å². The van der Waals surface area contributed by atoms with E-state index in [0.717, 1.165) is 70.6 Å². The summed E-state index contributed by atoms with van der Waals surface area (Å²) in [5.74, 6) is -0.532. The molecule has 10 heteroatoms. The number of allylic oxidation sites excluding steroid dienone is 3. The van der Waals surface area contributed by atoms with Gasteiger partial charge in [-0.25, -0.2) is 0 Å². The van der Waals surface area contributed by atoms with E-state index in [9.17, 15) is 19.0 Å². The smallest absolute Gasteiger partial charge is 0.306 e. The Morgan fingerprint density at radius 2 is 0.841 bits per heavy atom. The third-order valence-electron chi connectivity index (χ3n) is 13.4. The number of unbranched alkanes of at least 4 members (excludes halogenated alkanes) is 36. The zero-order valence-electron chi connectivity index (χ0n) is 46.5. The van der Waals surface area contributed by atoms with Gasteiger partial charge in [-0.1, -0.05) is 244 Å². The summed E-state index contributed by atoms with van der Waals surface area (Å²) in [5, 5.41) is 3.03. The van der Waals surface area contributed by atoms with Crippen molar-refractivity contribution in [2.24, 2.45) is 0 Å². The first-order valence-electron chi connectivity index (χ1n) is 29.6. The summed E-state index contributed by atoms with van der Waals surface area (Å²) in [7, 11) is 1.20. The molecule has 3 unspecified atom stereocenters. The van der Waals surface area contributed by atoms with Gasteiger partial charge in [-0.05, 0) is 57.4 Å². The Kier molecular flexibility index (Phi) is 48.9. The molecule has 69 heavy (non-hydrogen) atoms. The topological polar surface area (TPSA) is 114 Å². The van der Waals surface area contributed by atoms with Crippen LogP contribution < -0.4 is 10.2 Å². The van der Waals surface area contributed by atoms with Gasteiger partial charge in [-0.2, -0.15) is 0 Å². The first-order chi connectivity index (χ1) is 33.4. The Bertz CT molecular complexity index is 1240. The molecule has 0 aliphatic rings. The van der Waals surface area contributed by atoms with E-state index in [1.165, 1.54) is 186 Å². The lowest BCUT2D eigenvalue weighted by atomic mass is 10.0. The van der Waals surface area contributed by atoms with Crippen LogP contribution in [0.25, 0.3) is 0 Å². The number of amides is 1. The minimum atomic E-state index is -4.69. The van der Waals surface area contributed by atoms with Crippen molar-refractivity contribution in [1.29, 1.82) is 0 Å². The van der Waals surface area contributed by atoms with Gasteiger partial charge in [0, 0.05) is 12.8 Å². The first kappa shape index (κ1) is 67.5. The molecule has 3 atom stereocenters. The van der Waals surface area contributed by atoms with Gasteiger partial charge in [0.1, 0.15) is 19.3 Å². The number of nitrogens with one attached hydrogen (secondary N) is 1. The minimum absolute atomic E-state index is 0.0195. The number of ether oxygens (including phenoxy) is 1. The van der Waals surface area contributed by atoms with Crippen molar-refractivity contribution in [3.8, 4) is 0 Å². The average molecular weight is 996 g/mol. The van der Waals surface area contributed by atoms with Crippen molar-refractivity contribution in [2.75, 3.05) is 40.9 Å². The first-order valence-corrected chi connectivity index (χ1v) is 31.1. The molecule has 1 amide bonds. The summed E-state index contributed by atoms with van der Waals surface area (Å²) in [6.07, 6.45) is 57.0. The molecule has 0 aliphatic heterocycles. The Hall–Kier alpha value is -1.51. The second-order valence-electron chi connectivity index (χ2n) is 21.5. The number of phosphoric ester groups is 1. The number of carbonyl (C=O) groups is 2. The maximum atomic E-state index is 13.5. The number of quaternary nitrogens is 1. The van der Waals surface area contributed by atoms with Crippen molar-refractivity contribution in [3.05, 3.63) is 24.3 Å². The molecule has 0 aromatic rings. The van der Waals surface area contributed by atoms with Crippen LogP contribution in [0, 0.1) is 0 Å². The van der Waals surface area contributed by atoms with Gasteiger partial charge in [-0.3, -0.25) is 14.2 Å². The number of esters is 1. The molecule has 1 N–H and O–H groups in total. The third-order valence-corrected chi connectivity index (χ3v) is 14.3. The fourth-order valence-electron chi connectivity index (χ4n) is 8.75. The molecule has 0 saturated heterocycles. The monoisotopic (exact) mass is 995 g/mol. The molecule has 0 aliphatic carbocycles. The highest BCUT2D eigenvalue weighted by atomic mass is 31.2. The second-order valence-corrected chi connectivity index (χ2v) is 22.9. The Balaban J connectivity index is 5.33. The Morgan fingerprint density at radius 3 is 1.25 bits per heavy atom. The number of nitrogens with zero attached hydrogens (tertiary/aromatic N) is 1. The largest absolute Gasteiger partial charge is 0.756 e. The van der Waals surface area contributed by atoms with Crippen molar-refractivity contribution in [2.45, 2.75) is 303 Å². The van der Waals surface area contributed by atoms with E-state index >= 15 is 0 Å². The molecular weight excluding hydrogens is 880 g/mol. The van der Waals surface area contributed by atoms with Gasteiger partial charge >= 0.3 is 5.97 Å². The summed E-state index contributed by atoms with van der Waals surface area (Å²) in [6, 6.07) is -0.883. The number of hydrogen-bond donors (Lipinski definition) is 1. The van der Waals surface area contributed by atoms with Gasteiger partial charge in [0.2, 0.25) is 5.91 Å². The molecule has 0 fully saturated rings. The predicted octanol–water partition coefficient (Wildman–Crippen LogP) is 17.1. The van der Waals surface area contributed by atoms with Gasteiger partial charge < -0.3 is 28.5 Å². The lowest BCUT2D eigenvalue weighted by Gasteiger charge is -2.30. The van der Waals surface area contributed by atoms with Crippen molar-refractivity contribution < 1.29 is 37.3 Å². The number of likely N-dealkylation sites (N-methyl/N-ethyl adjacent to an activating group) is 1. The minimum Gasteiger partial charge on any atom is -0.756 e. The average Bonchev–Trinajstić information content (AvgIpc) is 3.31. The number of phosphoric acid groups is 1. The number of rotatable bonds is 54. The Labute approximate surface area is 428 Å². The van der Waals surface area contributed by atoms with E-state index in [0.29, 0.717) is 17.4 Å². The van der Waals surface area contributed by atoms with Crippen LogP contribution in [0.4, 0.5) is 0 Å². The van der Waals surface area contributed by atoms with Crippen LogP contribution in [0.5, 0.6) is 0 Å². The van der Waals surface area contributed by atoms with Crippen molar-refractivity contribution in [1.82, 2.24) is 5.32 Å². The van der Waals surface area contributed by atoms with E-state index in [4.69, 9.17) is 13.8 Å². The molecule has 0 spiro atoms. The SMILES string of the molecule is CCCCCC/C=C\CCCCCCCCCC(=O)OC(/C=C/CCCCCCCCCCCCC)C(COP(=O)([O-])OCC[N+](C)(C)C)NC(=O)CCCCCCCCCCCCCCCCC. The molecule has 408 valence electrons. The fraction of sp³-hybridized carbons (Fsp3) is 0.898. The zero-order chi connectivity index (χ0) is 50.8. The lowest BCUT2D eigenvalue weighted by Crippen LogP contribution is -2.47. The van der Waals surface area contributed by atoms with E-state index in [-0.39, 0.29) is 31.5 Å². The lowest BCUT2D eigenvalue weighted by molar-refractivity contribution is -0.870. The van der Waals surface area contributed by atoms with Crippen LogP contribution in [-0.2, 0) is 27.9 Å². The van der Waals surface area contributed by atoms with Gasteiger partial charge in [0.25, 0.3) is 7.82 Å². The van der Waals surface area contributed by atoms with E-state index < -0.39 is 20.0 Å². The van der Waals surface area contributed by atoms with Crippen LogP contribution in [-0.4, -0.2) is 69.4 Å². The highest BCUT2D eigenvalue weighted by molar-refractivity contribution is 7.45. The van der Waals surface area contributed by atoms with E-state index in [1.807, 2.05) is 33.3 Å². The van der Waals surface area contributed by atoms with Crippen molar-refractivity contribution in [3.63, 3.8) is 0 Å². The van der Waals surface area contributed by atoms with E-state index in [1.54, 1.807) is 0 Å². The van der Waals surface area contributed by atoms with Gasteiger partial charge in [0.15, 0.2) is 0 Å². The second kappa shape index (κ2) is 50.0. The molecule has 0 saturated carbocycles. The van der Waals surface area contributed by atoms with Gasteiger partial charge in [-0.15, -0.1) is 0 Å². The summed E-state index contributed by atoms with van der Waals surface area (Å²) >= 11 is 0. The highest BCUT2D eigenvalue weighted by Crippen LogP contribution is 2.38. The van der Waals surface area contributed by atoms with Crippen LogP contribution in [0.1, 0.15) is 290 Å². The molecule has 0 heterocycles. The molecular formula is C59H115N2O7P. The molecule has 9 nitrogen and oxygen atoms in total. The van der Waals surface area contributed by atoms with Crippen molar-refractivity contribution >= 4 is 19.7 Å². The quantitative estimate of drug-likeness (QED) is 0.0212. The molecule has 0 bridgehead atoms. The maximum absolute atomic E-state index is 13.5. The Morgan fingerprint density at radius 1 is 0.493 bits per heavy atom. The summed E-state index contributed by atoms with van der Waals surface area (Å²) in [6.45, 7) is 6.86. The summed E-state index contributed by atoms with van der Waals surface area (Å²) < 4.78 is 30.3. The van der Waals surface area contributed by atoms with Gasteiger partial charge in [0.05, 0.1) is 33.8 Å².